The molecule has 1 fully saturated rings. The predicted octanol–water partition coefficient (Wildman–Crippen LogP) is 5.07. The van der Waals surface area contributed by atoms with Crippen LogP contribution in [-0.2, 0) is 0 Å². The van der Waals surface area contributed by atoms with Gasteiger partial charge in [0.25, 0.3) is 0 Å². The van der Waals surface area contributed by atoms with Crippen LogP contribution < -0.4 is 0 Å². The summed E-state index contributed by atoms with van der Waals surface area (Å²) < 4.78 is 2.88. The van der Waals surface area contributed by atoms with Crippen molar-refractivity contribution in [2.75, 3.05) is 0 Å². The summed E-state index contributed by atoms with van der Waals surface area (Å²) in [5.41, 5.74) is -0.388. The van der Waals surface area contributed by atoms with Gasteiger partial charge in [-0.3, -0.25) is 0 Å². The molecule has 1 aliphatic rings. The van der Waals surface area contributed by atoms with Gasteiger partial charge in [0.05, 0.1) is 0 Å². The first kappa shape index (κ1) is 17.5. The quantitative estimate of drug-likeness (QED) is 0.438. The summed E-state index contributed by atoms with van der Waals surface area (Å²) in [7, 11) is 0. The molecule has 0 aromatic rings. The zero-order chi connectivity index (χ0) is 14.0. The van der Waals surface area contributed by atoms with E-state index in [1.54, 1.807) is 0 Å². The molecular formula is C17H32OTe. The van der Waals surface area contributed by atoms with E-state index in [4.69, 9.17) is 0 Å². The summed E-state index contributed by atoms with van der Waals surface area (Å²) in [6.07, 6.45) is 16.0. The summed E-state index contributed by atoms with van der Waals surface area (Å²) in [5, 5.41) is 11.0. The minimum absolute atomic E-state index is 0.125. The molecule has 112 valence electrons. The maximum atomic E-state index is 11.0. The predicted molar refractivity (Wildman–Crippen MR) is 85.7 cm³/mol. The zero-order valence-electron chi connectivity index (χ0n) is 12.9. The van der Waals surface area contributed by atoms with Crippen LogP contribution in [0.2, 0.25) is 4.47 Å². The number of aliphatic hydroxyl groups is 1. The van der Waals surface area contributed by atoms with Gasteiger partial charge >= 0.3 is 130 Å². The molecule has 0 saturated heterocycles. The van der Waals surface area contributed by atoms with Gasteiger partial charge in [-0.1, -0.05) is 0 Å². The molecular weight excluding hydrogens is 348 g/mol. The topological polar surface area (TPSA) is 20.2 Å². The Kier molecular flexibility index (Phi) is 9.46. The van der Waals surface area contributed by atoms with E-state index in [0.29, 0.717) is 0 Å². The molecule has 0 radical (unpaired) electrons. The molecule has 1 rings (SSSR count). The van der Waals surface area contributed by atoms with Crippen molar-refractivity contribution in [3.63, 3.8) is 0 Å². The van der Waals surface area contributed by atoms with Crippen molar-refractivity contribution >= 4 is 20.9 Å². The van der Waals surface area contributed by atoms with E-state index in [0.717, 1.165) is 12.8 Å². The van der Waals surface area contributed by atoms with Crippen LogP contribution in [0.25, 0.3) is 0 Å². The summed E-state index contributed by atoms with van der Waals surface area (Å²) in [6, 6.07) is 0. The standard InChI is InChI=1S/C17H32OTe/c1-3-5-7-9-12-16(19-15-6-4-2)17(18)13-10-8-11-14-17/h12,18H,3-11,13-15H2,1-2H3/b16-12-. The van der Waals surface area contributed by atoms with Gasteiger partial charge in [0.2, 0.25) is 0 Å². The third-order valence-corrected chi connectivity index (χ3v) is 7.89. The molecule has 0 bridgehead atoms. The average Bonchev–Trinajstić information content (AvgIpc) is 2.42. The number of hydrogen-bond donors (Lipinski definition) is 1. The van der Waals surface area contributed by atoms with Crippen LogP contribution in [0.3, 0.4) is 0 Å². The van der Waals surface area contributed by atoms with Crippen LogP contribution in [-0.4, -0.2) is 31.6 Å². The van der Waals surface area contributed by atoms with Crippen LogP contribution >= 0.6 is 0 Å². The number of rotatable bonds is 9. The fourth-order valence-corrected chi connectivity index (χ4v) is 6.61. The number of hydrogen-bond acceptors (Lipinski definition) is 1. The van der Waals surface area contributed by atoms with Gasteiger partial charge in [0, 0.05) is 0 Å². The molecule has 0 aromatic heterocycles. The second kappa shape index (κ2) is 10.3. The van der Waals surface area contributed by atoms with Gasteiger partial charge in [-0.2, -0.15) is 0 Å². The zero-order valence-corrected chi connectivity index (χ0v) is 15.2. The summed E-state index contributed by atoms with van der Waals surface area (Å²) in [4.78, 5) is 0. The van der Waals surface area contributed by atoms with E-state index < -0.39 is 0 Å². The van der Waals surface area contributed by atoms with Crippen molar-refractivity contribution in [2.45, 2.75) is 94.5 Å². The Hall–Kier alpha value is 0.490. The van der Waals surface area contributed by atoms with Crippen LogP contribution in [0, 0.1) is 0 Å². The molecule has 0 atom stereocenters. The molecule has 19 heavy (non-hydrogen) atoms. The molecule has 1 saturated carbocycles. The summed E-state index contributed by atoms with van der Waals surface area (Å²) in [6.45, 7) is 4.53. The molecule has 0 amide bonds. The third kappa shape index (κ3) is 6.65. The molecule has 1 N–H and O–H groups in total. The second-order valence-corrected chi connectivity index (χ2v) is 9.10. The first-order valence-corrected chi connectivity index (χ1v) is 11.1. The molecule has 1 aliphatic carbocycles. The molecule has 0 heterocycles. The normalized spacial score (nSPS) is 19.6. The number of allylic oxidation sites excluding steroid dienone is 1. The Morgan fingerprint density at radius 1 is 1.05 bits per heavy atom. The van der Waals surface area contributed by atoms with E-state index in [2.05, 4.69) is 19.9 Å². The van der Waals surface area contributed by atoms with Crippen molar-refractivity contribution in [3.8, 4) is 0 Å². The second-order valence-electron chi connectivity index (χ2n) is 5.86. The SMILES string of the molecule is CCCCC/C=C(\[Te]CCCC)C1(O)CCCCC1. The van der Waals surface area contributed by atoms with Gasteiger partial charge in [0.1, 0.15) is 0 Å². The molecule has 0 aliphatic heterocycles. The molecule has 0 unspecified atom stereocenters. The first-order chi connectivity index (χ1) is 9.23. The van der Waals surface area contributed by atoms with Crippen LogP contribution in [0.1, 0.15) is 84.5 Å². The van der Waals surface area contributed by atoms with Crippen molar-refractivity contribution in [3.05, 3.63) is 9.70 Å². The fourth-order valence-electron chi connectivity index (χ4n) is 2.72. The van der Waals surface area contributed by atoms with Crippen molar-refractivity contribution in [1.82, 2.24) is 0 Å². The van der Waals surface area contributed by atoms with Gasteiger partial charge in [0.15, 0.2) is 0 Å². The van der Waals surface area contributed by atoms with Crippen molar-refractivity contribution in [2.24, 2.45) is 0 Å². The van der Waals surface area contributed by atoms with Gasteiger partial charge < -0.3 is 0 Å². The van der Waals surface area contributed by atoms with Gasteiger partial charge in [-0.25, -0.2) is 0 Å². The van der Waals surface area contributed by atoms with Crippen LogP contribution in [0.4, 0.5) is 0 Å². The van der Waals surface area contributed by atoms with Crippen LogP contribution in [0.15, 0.2) is 9.70 Å². The van der Waals surface area contributed by atoms with E-state index >= 15 is 0 Å². The van der Waals surface area contributed by atoms with E-state index in [1.807, 2.05) is 0 Å². The van der Waals surface area contributed by atoms with E-state index in [1.165, 1.54) is 65.9 Å². The molecule has 0 spiro atoms. The summed E-state index contributed by atoms with van der Waals surface area (Å²) >= 11 is -0.125. The van der Waals surface area contributed by atoms with Crippen molar-refractivity contribution in [1.29, 1.82) is 0 Å². The molecule has 1 nitrogen and oxygen atoms in total. The Balaban J connectivity index is 2.55. The summed E-state index contributed by atoms with van der Waals surface area (Å²) in [5.74, 6) is 0. The van der Waals surface area contributed by atoms with Crippen LogP contribution in [0.5, 0.6) is 0 Å². The Labute approximate surface area is 130 Å². The number of unbranched alkanes of at least 4 members (excludes halogenated alkanes) is 4. The molecule has 2 heteroatoms. The monoisotopic (exact) mass is 382 g/mol. The van der Waals surface area contributed by atoms with E-state index in [-0.39, 0.29) is 26.5 Å². The molecule has 0 aromatic carbocycles. The fraction of sp³-hybridized carbons (Fsp3) is 0.882. The third-order valence-electron chi connectivity index (χ3n) is 4.03. The Morgan fingerprint density at radius 3 is 2.37 bits per heavy atom. The van der Waals surface area contributed by atoms with Gasteiger partial charge in [-0.15, -0.1) is 0 Å². The minimum atomic E-state index is -0.388. The first-order valence-electron chi connectivity index (χ1n) is 8.28. The van der Waals surface area contributed by atoms with Crippen molar-refractivity contribution < 1.29 is 5.11 Å². The Bertz CT molecular complexity index is 254. The van der Waals surface area contributed by atoms with Gasteiger partial charge in [-0.05, 0) is 0 Å². The average molecular weight is 380 g/mol. The maximum absolute atomic E-state index is 11.0. The Morgan fingerprint density at radius 2 is 1.74 bits per heavy atom. The van der Waals surface area contributed by atoms with E-state index in [9.17, 15) is 5.11 Å².